The van der Waals surface area contributed by atoms with Crippen molar-refractivity contribution in [3.05, 3.63) is 71.9 Å². The molecule has 2 aromatic carbocycles. The Bertz CT molecular complexity index is 1330. The van der Waals surface area contributed by atoms with E-state index in [1.807, 2.05) is 66.9 Å². The van der Waals surface area contributed by atoms with E-state index in [0.717, 1.165) is 5.69 Å². The Morgan fingerprint density at radius 3 is 2.44 bits per heavy atom. The van der Waals surface area contributed by atoms with Gasteiger partial charge < -0.3 is 4.74 Å². The molecule has 4 rings (SSSR count). The number of nitrogens with zero attached hydrogens (tertiary/aromatic N) is 5. The molecule has 2 aromatic heterocycles. The number of benzene rings is 2. The third-order valence-electron chi connectivity index (χ3n) is 4.71. The number of aromatic nitrogens is 3. The van der Waals surface area contributed by atoms with Crippen molar-refractivity contribution in [3.8, 4) is 5.69 Å². The predicted octanol–water partition coefficient (Wildman–Crippen LogP) is 5.76. The van der Waals surface area contributed by atoms with Crippen LogP contribution >= 0.6 is 11.8 Å². The molecular weight excluding hydrogens is 422 g/mol. The summed E-state index contributed by atoms with van der Waals surface area (Å²) >= 11 is 1.45. The molecule has 0 saturated carbocycles. The lowest BCUT2D eigenvalue weighted by molar-refractivity contribution is 0.0526. The van der Waals surface area contributed by atoms with Crippen molar-refractivity contribution < 1.29 is 9.53 Å². The summed E-state index contributed by atoms with van der Waals surface area (Å²) in [6.45, 7) is 3.77. The van der Waals surface area contributed by atoms with Crippen LogP contribution in [0.3, 0.4) is 0 Å². The number of hydrogen-bond acceptors (Lipinski definition) is 7. The fraction of sp³-hybridized carbons (Fsp3) is 0.167. The van der Waals surface area contributed by atoms with Gasteiger partial charge >= 0.3 is 5.97 Å². The molecule has 0 atom stereocenters. The van der Waals surface area contributed by atoms with Crippen LogP contribution in [0.4, 0.5) is 11.4 Å². The van der Waals surface area contributed by atoms with Crippen LogP contribution < -0.4 is 0 Å². The maximum Gasteiger partial charge on any atom is 0.342 e. The van der Waals surface area contributed by atoms with Gasteiger partial charge in [-0.05, 0) is 44.4 Å². The van der Waals surface area contributed by atoms with E-state index in [0.29, 0.717) is 33.1 Å². The third-order valence-corrected chi connectivity index (χ3v) is 5.38. The molecule has 2 heterocycles. The lowest BCUT2D eigenvalue weighted by Gasteiger charge is -2.10. The summed E-state index contributed by atoms with van der Waals surface area (Å²) in [6, 6.07) is 21.8. The predicted molar refractivity (Wildman–Crippen MR) is 127 cm³/mol. The number of carbonyl (C=O) groups is 1. The number of carbonyl (C=O) groups excluding carboxylic acids is 1. The van der Waals surface area contributed by atoms with Gasteiger partial charge in [0.2, 0.25) is 0 Å². The van der Waals surface area contributed by atoms with Gasteiger partial charge in [-0.25, -0.2) is 14.5 Å². The Balaban J connectivity index is 2.01. The van der Waals surface area contributed by atoms with Crippen molar-refractivity contribution in [2.24, 2.45) is 9.98 Å². The molecule has 0 spiro atoms. The molecule has 0 N–H and O–H groups in total. The Morgan fingerprint density at radius 2 is 1.78 bits per heavy atom. The number of esters is 1. The van der Waals surface area contributed by atoms with Crippen LogP contribution in [0.25, 0.3) is 16.7 Å². The molecule has 32 heavy (non-hydrogen) atoms. The van der Waals surface area contributed by atoms with Crippen LogP contribution in [-0.4, -0.2) is 39.6 Å². The standard InChI is InChI=1S/C24H21N5O2S/c1-4-31-24(30)19-16(2)27-22-20(21(19)26-15-25-17-11-7-5-8-12-17)23(32-3)28-29(22)18-13-9-6-10-14-18/h5-14H,4H2,1-3H3. The molecule has 0 amide bonds. The van der Waals surface area contributed by atoms with Gasteiger partial charge in [0.15, 0.2) is 5.65 Å². The zero-order valence-electron chi connectivity index (χ0n) is 17.9. The van der Waals surface area contributed by atoms with E-state index in [1.54, 1.807) is 18.5 Å². The first-order valence-electron chi connectivity index (χ1n) is 10.1. The van der Waals surface area contributed by atoms with Gasteiger partial charge in [-0.2, -0.15) is 15.1 Å². The summed E-state index contributed by atoms with van der Waals surface area (Å²) in [4.78, 5) is 26.3. The van der Waals surface area contributed by atoms with Gasteiger partial charge in [0.05, 0.1) is 29.1 Å². The first-order valence-corrected chi connectivity index (χ1v) is 11.3. The van der Waals surface area contributed by atoms with Crippen molar-refractivity contribution in [2.75, 3.05) is 12.9 Å². The number of fused-ring (bicyclic) bond motifs is 1. The average molecular weight is 444 g/mol. The second kappa shape index (κ2) is 9.60. The number of ether oxygens (including phenoxy) is 1. The molecule has 0 aliphatic heterocycles. The molecule has 4 aromatic rings. The average Bonchev–Trinajstić information content (AvgIpc) is 3.18. The highest BCUT2D eigenvalue weighted by atomic mass is 32.2. The van der Waals surface area contributed by atoms with Crippen molar-refractivity contribution in [3.63, 3.8) is 0 Å². The van der Waals surface area contributed by atoms with Gasteiger partial charge in [-0.3, -0.25) is 0 Å². The largest absolute Gasteiger partial charge is 0.462 e. The Morgan fingerprint density at radius 1 is 1.09 bits per heavy atom. The first-order chi connectivity index (χ1) is 15.6. The van der Waals surface area contributed by atoms with Crippen molar-refractivity contribution in [1.29, 1.82) is 0 Å². The van der Waals surface area contributed by atoms with E-state index in [4.69, 9.17) is 14.8 Å². The van der Waals surface area contributed by atoms with E-state index in [1.165, 1.54) is 11.8 Å². The number of para-hydroxylation sites is 2. The van der Waals surface area contributed by atoms with E-state index in [9.17, 15) is 4.79 Å². The van der Waals surface area contributed by atoms with E-state index >= 15 is 0 Å². The van der Waals surface area contributed by atoms with E-state index in [2.05, 4.69) is 16.0 Å². The van der Waals surface area contributed by atoms with E-state index < -0.39 is 5.97 Å². The molecular formula is C24H21N5O2S. The maximum atomic E-state index is 12.8. The molecule has 7 nitrogen and oxygen atoms in total. The number of aryl methyl sites for hydroxylation is 1. The SMILES string of the molecule is CCOC(=O)c1c(C)nc2c(c(SC)nn2-c2ccccc2)c1N=C=Nc1ccccc1. The molecule has 0 aliphatic rings. The topological polar surface area (TPSA) is 81.7 Å². The van der Waals surface area contributed by atoms with Gasteiger partial charge in [-0.1, -0.05) is 36.4 Å². The van der Waals surface area contributed by atoms with Crippen LogP contribution in [-0.2, 0) is 4.74 Å². The van der Waals surface area contributed by atoms with Crippen LogP contribution in [0.5, 0.6) is 0 Å². The Kier molecular flexibility index (Phi) is 6.44. The quantitative estimate of drug-likeness (QED) is 0.215. The molecule has 160 valence electrons. The molecule has 0 fully saturated rings. The molecule has 0 unspecified atom stereocenters. The second-order valence-electron chi connectivity index (χ2n) is 6.76. The summed E-state index contributed by atoms with van der Waals surface area (Å²) < 4.78 is 7.06. The van der Waals surface area contributed by atoms with Crippen molar-refractivity contribution in [1.82, 2.24) is 14.8 Å². The Hall–Kier alpha value is -3.74. The minimum Gasteiger partial charge on any atom is -0.462 e. The first kappa shape index (κ1) is 21.5. The monoisotopic (exact) mass is 443 g/mol. The van der Waals surface area contributed by atoms with Crippen LogP contribution in [0.2, 0.25) is 0 Å². The summed E-state index contributed by atoms with van der Waals surface area (Å²) in [5.74, 6) is -0.487. The fourth-order valence-corrected chi connectivity index (χ4v) is 3.85. The number of thioether (sulfide) groups is 1. The van der Waals surface area contributed by atoms with Gasteiger partial charge in [-0.15, -0.1) is 11.8 Å². The fourth-order valence-electron chi connectivity index (χ4n) is 3.30. The summed E-state index contributed by atoms with van der Waals surface area (Å²) in [5.41, 5.74) is 3.37. The second-order valence-corrected chi connectivity index (χ2v) is 7.55. The van der Waals surface area contributed by atoms with Gasteiger partial charge in [0.1, 0.15) is 22.3 Å². The Labute approximate surface area is 189 Å². The molecule has 0 aliphatic carbocycles. The third kappa shape index (κ3) is 4.19. The van der Waals surface area contributed by atoms with Crippen LogP contribution in [0.1, 0.15) is 23.0 Å². The zero-order chi connectivity index (χ0) is 22.5. The lowest BCUT2D eigenvalue weighted by Crippen LogP contribution is -2.09. The van der Waals surface area contributed by atoms with Crippen LogP contribution in [0, 0.1) is 6.92 Å². The minimum atomic E-state index is -0.487. The van der Waals surface area contributed by atoms with Crippen LogP contribution in [0.15, 0.2) is 75.7 Å². The van der Waals surface area contributed by atoms with Crippen molar-refractivity contribution >= 4 is 46.1 Å². The minimum absolute atomic E-state index is 0.246. The van der Waals surface area contributed by atoms with Gasteiger partial charge in [0, 0.05) is 0 Å². The van der Waals surface area contributed by atoms with Crippen molar-refractivity contribution in [2.45, 2.75) is 18.9 Å². The molecule has 0 bridgehead atoms. The summed E-state index contributed by atoms with van der Waals surface area (Å²) in [7, 11) is 0. The smallest absolute Gasteiger partial charge is 0.342 e. The number of hydrogen-bond donors (Lipinski definition) is 0. The normalized spacial score (nSPS) is 10.6. The molecule has 8 heteroatoms. The summed E-state index contributed by atoms with van der Waals surface area (Å²) in [5, 5.41) is 6.09. The highest BCUT2D eigenvalue weighted by Gasteiger charge is 2.25. The van der Waals surface area contributed by atoms with Gasteiger partial charge in [0.25, 0.3) is 0 Å². The lowest BCUT2D eigenvalue weighted by atomic mass is 10.1. The number of pyridine rings is 1. The highest BCUT2D eigenvalue weighted by molar-refractivity contribution is 7.98. The molecule has 0 radical (unpaired) electrons. The zero-order valence-corrected chi connectivity index (χ0v) is 18.8. The summed E-state index contributed by atoms with van der Waals surface area (Å²) in [6.07, 6.45) is 1.92. The number of aliphatic imine (C=N–C) groups is 2. The number of rotatable bonds is 6. The van der Waals surface area contributed by atoms with E-state index in [-0.39, 0.29) is 12.2 Å². The molecule has 0 saturated heterocycles. The maximum absolute atomic E-state index is 12.8. The highest BCUT2D eigenvalue weighted by Crippen LogP contribution is 2.38.